The summed E-state index contributed by atoms with van der Waals surface area (Å²) in [5.74, 6) is 0. The van der Waals surface area contributed by atoms with Crippen LogP contribution >= 0.6 is 23.5 Å². The predicted octanol–water partition coefficient (Wildman–Crippen LogP) is -3.67. The van der Waals surface area contributed by atoms with Crippen LogP contribution in [0.1, 0.15) is 6.23 Å². The zero-order valence-corrected chi connectivity index (χ0v) is 18.4. The molecule has 1 aliphatic rings. The van der Waals surface area contributed by atoms with Gasteiger partial charge in [-0.2, -0.15) is 8.62 Å². The smallest absolute Gasteiger partial charge is 0.394 e. The maximum absolute atomic E-state index is 11.6. The molecule has 2 aromatic heterocycles. The highest BCUT2D eigenvalue weighted by Crippen LogP contribution is 2.64. The summed E-state index contributed by atoms with van der Waals surface area (Å²) in [4.78, 5) is 71.3. The van der Waals surface area contributed by atoms with E-state index in [1.54, 1.807) is 0 Å². The summed E-state index contributed by atoms with van der Waals surface area (Å²) in [7, 11) is -16.2. The van der Waals surface area contributed by atoms with Crippen LogP contribution in [0.2, 0.25) is 0 Å². The Bertz CT molecular complexity index is 1210. The summed E-state index contributed by atoms with van der Waals surface area (Å²) in [6.07, 6.45) is -3.43. The van der Waals surface area contributed by atoms with Gasteiger partial charge in [-0.1, -0.05) is 0 Å². The average Bonchev–Trinajstić information content (AvgIpc) is 3.13. The van der Waals surface area contributed by atoms with Gasteiger partial charge in [-0.05, 0) is 0 Å². The number of nitrogens with one attached hydrogen (secondary N) is 2. The largest absolute Gasteiger partial charge is 0.490 e. The van der Waals surface area contributed by atoms with Crippen molar-refractivity contribution in [2.45, 2.75) is 24.5 Å². The number of imidazole rings is 1. The van der Waals surface area contributed by atoms with Crippen LogP contribution in [0.3, 0.4) is 0 Å². The third-order valence-corrected chi connectivity index (χ3v) is 7.03. The van der Waals surface area contributed by atoms with Gasteiger partial charge in [0, 0.05) is 0 Å². The molecule has 0 amide bonds. The molecule has 1 aliphatic heterocycles. The lowest BCUT2D eigenvalue weighted by Gasteiger charge is -2.16. The molecule has 0 spiro atoms. The van der Waals surface area contributed by atoms with E-state index >= 15 is 0 Å². The van der Waals surface area contributed by atoms with Crippen molar-refractivity contribution < 1.29 is 66.8 Å². The van der Waals surface area contributed by atoms with Gasteiger partial charge in [0.15, 0.2) is 11.7 Å². The Morgan fingerprint density at radius 2 is 1.55 bits per heavy atom. The first-order valence-electron chi connectivity index (χ1n) is 8.12. The molecular formula is C10H17N4O16P3. The molecule has 33 heavy (non-hydrogen) atoms. The molecule has 0 saturated carbocycles. The van der Waals surface area contributed by atoms with E-state index in [1.165, 1.54) is 10.9 Å². The lowest BCUT2D eigenvalue weighted by molar-refractivity contribution is -0.0511. The highest BCUT2D eigenvalue weighted by Gasteiger charge is 2.44. The number of aliphatic hydroxyl groups excluding tert-OH is 3. The van der Waals surface area contributed by atoms with Gasteiger partial charge in [0.25, 0.3) is 5.56 Å². The first-order valence-corrected chi connectivity index (χ1v) is 12.7. The van der Waals surface area contributed by atoms with Gasteiger partial charge in [-0.25, -0.2) is 23.5 Å². The minimum Gasteiger partial charge on any atom is -0.394 e. The van der Waals surface area contributed by atoms with Crippen LogP contribution in [0.15, 0.2) is 15.9 Å². The van der Waals surface area contributed by atoms with E-state index < -0.39 is 65.9 Å². The maximum atomic E-state index is 11.6. The molecule has 0 aromatic carbocycles. The first-order chi connectivity index (χ1) is 14.9. The molecule has 0 radical (unpaired) electrons. The number of rotatable bonds is 6. The number of aromatic nitrogens is 4. The normalized spacial score (nSPS) is 24.0. The molecular weight excluding hydrogens is 525 g/mol. The van der Waals surface area contributed by atoms with E-state index in [1.807, 2.05) is 4.98 Å². The van der Waals surface area contributed by atoms with Crippen molar-refractivity contribution >= 4 is 34.6 Å². The van der Waals surface area contributed by atoms with E-state index in [9.17, 15) is 33.5 Å². The van der Waals surface area contributed by atoms with Crippen molar-refractivity contribution in [1.82, 2.24) is 19.5 Å². The van der Waals surface area contributed by atoms with Crippen molar-refractivity contribution in [1.29, 1.82) is 0 Å². The monoisotopic (exact) mass is 542 g/mol. The van der Waals surface area contributed by atoms with Gasteiger partial charge < -0.3 is 44.5 Å². The number of fused-ring (bicyclic) bond motifs is 1. The molecule has 0 aliphatic carbocycles. The van der Waals surface area contributed by atoms with Crippen LogP contribution < -0.4 is 11.2 Å². The van der Waals surface area contributed by atoms with Gasteiger partial charge in [0.2, 0.25) is 0 Å². The molecule has 10 N–H and O–H groups in total. The molecule has 23 heteroatoms. The molecule has 3 heterocycles. The fourth-order valence-corrected chi connectivity index (χ4v) is 5.08. The molecule has 20 nitrogen and oxygen atoms in total. The summed E-state index contributed by atoms with van der Waals surface area (Å²) in [5.41, 5.74) is -1.36. The quantitative estimate of drug-likeness (QED) is 0.157. The number of aromatic amines is 2. The lowest BCUT2D eigenvalue weighted by atomic mass is 10.1. The number of H-pyrrole nitrogens is 2. The molecule has 0 unspecified atom stereocenters. The Labute approximate surface area is 180 Å². The van der Waals surface area contributed by atoms with Gasteiger partial charge in [0.05, 0.1) is 12.9 Å². The summed E-state index contributed by atoms with van der Waals surface area (Å²) in [6.45, 7) is -0.474. The van der Waals surface area contributed by atoms with Gasteiger partial charge >= 0.3 is 29.2 Å². The average molecular weight is 542 g/mol. The number of ether oxygens (including phenoxy) is 1. The fraction of sp³-hybridized carbons (Fsp3) is 0.500. The Morgan fingerprint density at radius 3 is 2.00 bits per heavy atom. The Hall–Kier alpha value is -1.60. The van der Waals surface area contributed by atoms with Crippen LogP contribution in [0, 0.1) is 0 Å². The van der Waals surface area contributed by atoms with Crippen LogP contribution in [-0.2, 0) is 27.1 Å². The molecule has 0 bridgehead atoms. The minimum absolute atomic E-state index is 0.0256. The first kappa shape index (κ1) is 27.6. The predicted molar refractivity (Wildman–Crippen MR) is 100 cm³/mol. The van der Waals surface area contributed by atoms with E-state index in [-0.39, 0.29) is 11.2 Å². The summed E-state index contributed by atoms with van der Waals surface area (Å²) >= 11 is 0. The molecule has 4 atom stereocenters. The third kappa shape index (κ3) is 7.44. The number of hydrogen-bond acceptors (Lipinski definition) is 12. The lowest BCUT2D eigenvalue weighted by Crippen LogP contribution is -2.33. The summed E-state index contributed by atoms with van der Waals surface area (Å²) in [6, 6.07) is 0. The molecule has 1 fully saturated rings. The second-order valence-electron chi connectivity index (χ2n) is 6.10. The van der Waals surface area contributed by atoms with Crippen molar-refractivity contribution in [3.05, 3.63) is 27.2 Å². The minimum atomic E-state index is -5.46. The Balaban J connectivity index is 0.000000260. The summed E-state index contributed by atoms with van der Waals surface area (Å²) < 4.78 is 42.9. The maximum Gasteiger partial charge on any atom is 0.490 e. The second-order valence-corrected chi connectivity index (χ2v) is 10.3. The molecule has 1 saturated heterocycles. The number of aliphatic hydroxyl groups is 3. The van der Waals surface area contributed by atoms with Crippen molar-refractivity contribution in [2.24, 2.45) is 0 Å². The van der Waals surface area contributed by atoms with Crippen molar-refractivity contribution in [2.75, 3.05) is 6.61 Å². The second kappa shape index (κ2) is 9.95. The number of nitrogens with zero attached hydrogens (tertiary/aromatic N) is 2. The SMILES string of the molecule is O=P(O)(O)OP(=O)(O)OP(=O)(O)O.O=c1[nH]c(=O)c2ncn([C@@H]3O[C@H](CO)[C@@H](O)[C@H]3O)c2[nH]1. The zero-order valence-electron chi connectivity index (χ0n) is 15.7. The summed E-state index contributed by atoms with van der Waals surface area (Å²) in [5, 5.41) is 28.7. The van der Waals surface area contributed by atoms with Crippen LogP contribution in [0.5, 0.6) is 0 Å². The Morgan fingerprint density at radius 1 is 1.00 bits per heavy atom. The van der Waals surface area contributed by atoms with Gasteiger partial charge in [0.1, 0.15) is 24.0 Å². The molecule has 188 valence electrons. The zero-order chi connectivity index (χ0) is 25.4. The molecule has 2 aromatic rings. The Kier molecular flexibility index (Phi) is 8.33. The molecule has 3 rings (SSSR count). The highest BCUT2D eigenvalue weighted by atomic mass is 31.3. The van der Waals surface area contributed by atoms with Crippen LogP contribution in [0.4, 0.5) is 0 Å². The van der Waals surface area contributed by atoms with E-state index in [0.717, 1.165) is 0 Å². The van der Waals surface area contributed by atoms with Crippen LogP contribution in [0.25, 0.3) is 11.2 Å². The van der Waals surface area contributed by atoms with Gasteiger partial charge in [-0.15, -0.1) is 0 Å². The van der Waals surface area contributed by atoms with E-state index in [2.05, 4.69) is 18.6 Å². The fourth-order valence-electron chi connectivity index (χ4n) is 2.54. The van der Waals surface area contributed by atoms with Crippen LogP contribution in [-0.4, -0.2) is 84.2 Å². The third-order valence-electron chi connectivity index (χ3n) is 3.68. The van der Waals surface area contributed by atoms with Crippen molar-refractivity contribution in [3.63, 3.8) is 0 Å². The van der Waals surface area contributed by atoms with E-state index in [0.29, 0.717) is 0 Å². The standard InChI is InChI=1S/C10H12N4O6.H5O10P3/c15-1-3-5(16)6(17)9(20-3)14-2-11-4-7(14)12-10(19)13-8(4)18;1-11(2,3)9-13(7,8)10-12(4,5)6/h2-3,5-6,9,15-17H,1H2,(H2,12,13,18,19);(H,7,8)(H2,1,2,3)(H2,4,5,6)/t3-,5-,6-,9-;/m1./s1. The number of phosphoric acid groups is 3. The van der Waals surface area contributed by atoms with Gasteiger partial charge in [-0.3, -0.25) is 19.3 Å². The van der Waals surface area contributed by atoms with E-state index in [4.69, 9.17) is 34.3 Å². The highest BCUT2D eigenvalue weighted by molar-refractivity contribution is 7.66. The topological polar surface area (TPSA) is 324 Å². The number of hydrogen-bond donors (Lipinski definition) is 10. The van der Waals surface area contributed by atoms with Crippen molar-refractivity contribution in [3.8, 4) is 0 Å².